The Balaban J connectivity index is 1.85. The summed E-state index contributed by atoms with van der Waals surface area (Å²) < 4.78 is 20.5. The molecule has 0 bridgehead atoms. The summed E-state index contributed by atoms with van der Waals surface area (Å²) in [6.07, 6.45) is 0. The number of anilines is 1. The molecule has 7 nitrogen and oxygen atoms in total. The van der Waals surface area contributed by atoms with Gasteiger partial charge in [0.15, 0.2) is 11.0 Å². The van der Waals surface area contributed by atoms with Crippen molar-refractivity contribution in [2.75, 3.05) is 26.5 Å². The van der Waals surface area contributed by atoms with Gasteiger partial charge in [0.25, 0.3) is 0 Å². The normalized spacial score (nSPS) is 13.1. The van der Waals surface area contributed by atoms with Crippen molar-refractivity contribution in [2.45, 2.75) is 30.3 Å². The summed E-state index contributed by atoms with van der Waals surface area (Å²) >= 11 is 7.41. The number of hydrogen-bond acceptors (Lipinski definition) is 6. The minimum Gasteiger partial charge on any atom is -0.495 e. The zero-order valence-corrected chi connectivity index (χ0v) is 20.0. The van der Waals surface area contributed by atoms with E-state index in [9.17, 15) is 9.18 Å². The molecule has 0 aliphatic rings. The number of halogens is 2. The molecular weight excluding hydrogens is 453 g/mol. The number of rotatable bonds is 8. The van der Waals surface area contributed by atoms with Crippen LogP contribution in [0.25, 0.3) is 5.69 Å². The lowest BCUT2D eigenvalue weighted by Gasteiger charge is -2.21. The standard InChI is InChI=1S/C22H25ClFN5O2S/c1-13(28(3)4)20-26-27-22(29(20)17-9-6-15(24)7-10-17)32-14(2)21(30)25-16-8-11-19(31-5)18(23)12-16/h6-14H,1-5H3,(H,25,30). The van der Waals surface area contributed by atoms with Crippen LogP contribution in [0.2, 0.25) is 5.02 Å². The average Bonchev–Trinajstić information content (AvgIpc) is 3.17. The Bertz CT molecular complexity index is 1090. The van der Waals surface area contributed by atoms with Gasteiger partial charge in [-0.3, -0.25) is 14.3 Å². The van der Waals surface area contributed by atoms with Gasteiger partial charge in [-0.1, -0.05) is 23.4 Å². The molecule has 1 aromatic heterocycles. The summed E-state index contributed by atoms with van der Waals surface area (Å²) in [4.78, 5) is 14.8. The van der Waals surface area contributed by atoms with Gasteiger partial charge in [-0.2, -0.15) is 0 Å². The molecule has 0 saturated heterocycles. The number of carbonyl (C=O) groups is 1. The predicted molar refractivity (Wildman–Crippen MR) is 125 cm³/mol. The summed E-state index contributed by atoms with van der Waals surface area (Å²) in [6.45, 7) is 3.78. The van der Waals surface area contributed by atoms with Crippen LogP contribution in [0, 0.1) is 5.82 Å². The van der Waals surface area contributed by atoms with Crippen LogP contribution in [-0.2, 0) is 4.79 Å². The van der Waals surface area contributed by atoms with Gasteiger partial charge in [0.1, 0.15) is 11.6 Å². The van der Waals surface area contributed by atoms with Crippen molar-refractivity contribution in [3.63, 3.8) is 0 Å². The van der Waals surface area contributed by atoms with E-state index >= 15 is 0 Å². The lowest BCUT2D eigenvalue weighted by molar-refractivity contribution is -0.115. The van der Waals surface area contributed by atoms with Gasteiger partial charge in [-0.25, -0.2) is 4.39 Å². The molecule has 0 aliphatic heterocycles. The average molecular weight is 478 g/mol. The number of nitrogens with one attached hydrogen (secondary N) is 1. The Hall–Kier alpha value is -2.62. The molecule has 0 radical (unpaired) electrons. The van der Waals surface area contributed by atoms with E-state index in [1.54, 1.807) is 37.3 Å². The zero-order chi connectivity index (χ0) is 23.4. The smallest absolute Gasteiger partial charge is 0.237 e. The van der Waals surface area contributed by atoms with Crippen LogP contribution < -0.4 is 10.1 Å². The third kappa shape index (κ3) is 5.40. The molecule has 0 fully saturated rings. The highest BCUT2D eigenvalue weighted by atomic mass is 35.5. The molecule has 170 valence electrons. The summed E-state index contributed by atoms with van der Waals surface area (Å²) in [5.74, 6) is 0.678. The van der Waals surface area contributed by atoms with Crippen LogP contribution in [0.1, 0.15) is 25.7 Å². The molecule has 3 rings (SSSR count). The van der Waals surface area contributed by atoms with E-state index in [1.165, 1.54) is 31.0 Å². The Morgan fingerprint density at radius 2 is 1.88 bits per heavy atom. The summed E-state index contributed by atoms with van der Waals surface area (Å²) in [5.41, 5.74) is 1.28. The summed E-state index contributed by atoms with van der Waals surface area (Å²) in [7, 11) is 5.41. The zero-order valence-electron chi connectivity index (χ0n) is 18.5. The summed E-state index contributed by atoms with van der Waals surface area (Å²) in [6, 6.07) is 11.1. The second kappa shape index (κ2) is 10.3. The third-order valence-electron chi connectivity index (χ3n) is 4.96. The van der Waals surface area contributed by atoms with Crippen molar-refractivity contribution in [2.24, 2.45) is 0 Å². The van der Waals surface area contributed by atoms with Crippen molar-refractivity contribution in [1.29, 1.82) is 0 Å². The van der Waals surface area contributed by atoms with Crippen molar-refractivity contribution in [3.8, 4) is 11.4 Å². The molecule has 2 atom stereocenters. The molecule has 10 heteroatoms. The molecule has 2 unspecified atom stereocenters. The van der Waals surface area contributed by atoms with Gasteiger partial charge in [-0.05, 0) is 70.4 Å². The third-order valence-corrected chi connectivity index (χ3v) is 6.30. The largest absolute Gasteiger partial charge is 0.495 e. The number of methoxy groups -OCH3 is 1. The van der Waals surface area contributed by atoms with Crippen molar-refractivity contribution in [3.05, 3.63) is 59.1 Å². The van der Waals surface area contributed by atoms with Crippen LogP contribution in [0.15, 0.2) is 47.6 Å². The second-order valence-corrected chi connectivity index (χ2v) is 9.11. The minimum atomic E-state index is -0.484. The quantitative estimate of drug-likeness (QED) is 0.469. The van der Waals surface area contributed by atoms with Gasteiger partial charge in [0, 0.05) is 11.4 Å². The number of amides is 1. The van der Waals surface area contributed by atoms with Crippen LogP contribution in [0.5, 0.6) is 5.75 Å². The van der Waals surface area contributed by atoms with E-state index in [1.807, 2.05) is 30.5 Å². The van der Waals surface area contributed by atoms with Gasteiger partial charge >= 0.3 is 0 Å². The van der Waals surface area contributed by atoms with Crippen LogP contribution in [-0.4, -0.2) is 52.0 Å². The Morgan fingerprint density at radius 3 is 2.47 bits per heavy atom. The predicted octanol–water partition coefficient (Wildman–Crippen LogP) is 4.81. The lowest BCUT2D eigenvalue weighted by Crippen LogP contribution is -2.23. The first-order valence-electron chi connectivity index (χ1n) is 9.90. The SMILES string of the molecule is COc1ccc(NC(=O)C(C)Sc2nnc(C(C)N(C)C)n2-c2ccc(F)cc2)cc1Cl. The molecular formula is C22H25ClFN5O2S. The van der Waals surface area contributed by atoms with Crippen molar-refractivity contribution >= 4 is 35.0 Å². The van der Waals surface area contributed by atoms with E-state index < -0.39 is 5.25 Å². The lowest BCUT2D eigenvalue weighted by atomic mass is 10.2. The Kier molecular flexibility index (Phi) is 7.76. The number of nitrogens with zero attached hydrogens (tertiary/aromatic N) is 4. The maximum atomic E-state index is 13.5. The molecule has 2 aromatic carbocycles. The number of aromatic nitrogens is 3. The fraction of sp³-hybridized carbons (Fsp3) is 0.318. The van der Waals surface area contributed by atoms with E-state index in [-0.39, 0.29) is 17.8 Å². The van der Waals surface area contributed by atoms with Crippen LogP contribution in [0.4, 0.5) is 10.1 Å². The second-order valence-electron chi connectivity index (χ2n) is 7.39. The molecule has 1 amide bonds. The maximum Gasteiger partial charge on any atom is 0.237 e. The highest BCUT2D eigenvalue weighted by molar-refractivity contribution is 8.00. The first-order chi connectivity index (χ1) is 15.2. The van der Waals surface area contributed by atoms with E-state index in [0.29, 0.717) is 27.4 Å². The molecule has 0 spiro atoms. The van der Waals surface area contributed by atoms with Gasteiger partial charge in [-0.15, -0.1) is 10.2 Å². The molecule has 32 heavy (non-hydrogen) atoms. The topological polar surface area (TPSA) is 72.3 Å². The minimum absolute atomic E-state index is 0.0486. The number of thioether (sulfide) groups is 1. The molecule has 1 N–H and O–H groups in total. The van der Waals surface area contributed by atoms with Crippen LogP contribution in [0.3, 0.4) is 0 Å². The van der Waals surface area contributed by atoms with Gasteiger partial charge in [0.2, 0.25) is 5.91 Å². The fourth-order valence-corrected chi connectivity index (χ4v) is 4.02. The van der Waals surface area contributed by atoms with E-state index in [4.69, 9.17) is 16.3 Å². The van der Waals surface area contributed by atoms with E-state index in [0.717, 1.165) is 5.69 Å². The molecule has 3 aromatic rings. The first-order valence-corrected chi connectivity index (χ1v) is 11.2. The highest BCUT2D eigenvalue weighted by Crippen LogP contribution is 2.31. The molecule has 1 heterocycles. The highest BCUT2D eigenvalue weighted by Gasteiger charge is 2.24. The number of benzene rings is 2. The Morgan fingerprint density at radius 1 is 1.19 bits per heavy atom. The monoisotopic (exact) mass is 477 g/mol. The first kappa shape index (κ1) is 24.0. The number of carbonyl (C=O) groups excluding carboxylic acids is 1. The Labute approximate surface area is 195 Å². The molecule has 0 saturated carbocycles. The van der Waals surface area contributed by atoms with Gasteiger partial charge < -0.3 is 10.1 Å². The van der Waals surface area contributed by atoms with Crippen molar-refractivity contribution in [1.82, 2.24) is 19.7 Å². The van der Waals surface area contributed by atoms with Crippen molar-refractivity contribution < 1.29 is 13.9 Å². The maximum absolute atomic E-state index is 13.5. The summed E-state index contributed by atoms with van der Waals surface area (Å²) in [5, 5.41) is 12.0. The number of hydrogen-bond donors (Lipinski definition) is 1. The van der Waals surface area contributed by atoms with Crippen LogP contribution >= 0.6 is 23.4 Å². The van der Waals surface area contributed by atoms with Gasteiger partial charge in [0.05, 0.1) is 23.4 Å². The number of ether oxygens (including phenoxy) is 1. The van der Waals surface area contributed by atoms with E-state index in [2.05, 4.69) is 15.5 Å². The molecule has 0 aliphatic carbocycles. The fourth-order valence-electron chi connectivity index (χ4n) is 2.89.